The fraction of sp³-hybridized carbons (Fsp3) is 0.350. The van der Waals surface area contributed by atoms with Gasteiger partial charge in [-0.05, 0) is 54.6 Å². The molecule has 0 spiro atoms. The average molecular weight is 306 g/mol. The number of piperidine rings is 3. The summed E-state index contributed by atoms with van der Waals surface area (Å²) in [5.74, 6) is 0.407. The first kappa shape index (κ1) is 14.6. The van der Waals surface area contributed by atoms with Crippen LogP contribution >= 0.6 is 0 Å². The molecule has 0 saturated carbocycles. The summed E-state index contributed by atoms with van der Waals surface area (Å²) in [5, 5.41) is 11.2. The molecule has 0 radical (unpaired) electrons. The summed E-state index contributed by atoms with van der Waals surface area (Å²) in [6.45, 7) is 3.06. The van der Waals surface area contributed by atoms with E-state index in [-0.39, 0.29) is 0 Å². The Balaban J connectivity index is 1.53. The zero-order valence-corrected chi connectivity index (χ0v) is 13.2. The molecular formula is C20H22N2O. The Kier molecular flexibility index (Phi) is 3.76. The van der Waals surface area contributed by atoms with E-state index in [0.29, 0.717) is 5.92 Å². The lowest BCUT2D eigenvalue weighted by molar-refractivity contribution is -0.117. The molecule has 1 aromatic carbocycles. The lowest BCUT2D eigenvalue weighted by Crippen LogP contribution is -2.57. The summed E-state index contributed by atoms with van der Waals surface area (Å²) in [6, 6.07) is 12.3. The second kappa shape index (κ2) is 5.91. The number of rotatable bonds is 3. The van der Waals surface area contributed by atoms with Crippen molar-refractivity contribution in [1.82, 2.24) is 9.88 Å². The summed E-state index contributed by atoms with van der Waals surface area (Å²) in [4.78, 5) is 6.50. The maximum Gasteiger partial charge on any atom is 0.105 e. The van der Waals surface area contributed by atoms with Crippen LogP contribution < -0.4 is 0 Å². The van der Waals surface area contributed by atoms with Crippen LogP contribution in [-0.4, -0.2) is 34.6 Å². The average Bonchev–Trinajstić information content (AvgIpc) is 2.62. The molecule has 3 aliphatic heterocycles. The van der Waals surface area contributed by atoms with Crippen molar-refractivity contribution in [2.75, 3.05) is 19.6 Å². The van der Waals surface area contributed by atoms with Gasteiger partial charge in [0.25, 0.3) is 0 Å². The molecule has 0 amide bonds. The van der Waals surface area contributed by atoms with E-state index in [0.717, 1.165) is 49.2 Å². The van der Waals surface area contributed by atoms with E-state index in [1.54, 1.807) is 6.20 Å². The molecule has 3 aliphatic rings. The van der Waals surface area contributed by atoms with Crippen molar-refractivity contribution in [3.8, 4) is 0 Å². The van der Waals surface area contributed by atoms with Crippen molar-refractivity contribution < 1.29 is 5.11 Å². The molecule has 1 atom stereocenters. The lowest BCUT2D eigenvalue weighted by Gasteiger charge is -2.50. The topological polar surface area (TPSA) is 36.4 Å². The molecule has 118 valence electrons. The van der Waals surface area contributed by atoms with E-state index < -0.39 is 5.60 Å². The maximum absolute atomic E-state index is 11.2. The summed E-state index contributed by atoms with van der Waals surface area (Å²) in [5.41, 5.74) is 2.63. The highest BCUT2D eigenvalue weighted by molar-refractivity contribution is 5.69. The second-order valence-electron chi connectivity index (χ2n) is 6.72. The van der Waals surface area contributed by atoms with Gasteiger partial charge in [-0.25, -0.2) is 0 Å². The molecular weight excluding hydrogens is 284 g/mol. The van der Waals surface area contributed by atoms with Gasteiger partial charge in [-0.3, -0.25) is 4.98 Å². The summed E-state index contributed by atoms with van der Waals surface area (Å²) in [7, 11) is 0. The van der Waals surface area contributed by atoms with Gasteiger partial charge in [0.2, 0.25) is 0 Å². The van der Waals surface area contributed by atoms with Gasteiger partial charge < -0.3 is 10.0 Å². The van der Waals surface area contributed by atoms with E-state index in [1.807, 2.05) is 18.3 Å². The van der Waals surface area contributed by atoms with E-state index in [1.165, 1.54) is 0 Å². The number of aromatic nitrogens is 1. The predicted molar refractivity (Wildman–Crippen MR) is 92.7 cm³/mol. The van der Waals surface area contributed by atoms with Gasteiger partial charge in [0.05, 0.1) is 0 Å². The van der Waals surface area contributed by atoms with Crippen LogP contribution in [0.2, 0.25) is 0 Å². The normalized spacial score (nSPS) is 30.0. The third kappa shape index (κ3) is 2.82. The minimum Gasteiger partial charge on any atom is -0.384 e. The molecule has 1 unspecified atom stereocenters. The molecule has 4 heterocycles. The first-order valence-corrected chi connectivity index (χ1v) is 8.37. The Morgan fingerprint density at radius 3 is 2.39 bits per heavy atom. The fourth-order valence-corrected chi connectivity index (χ4v) is 3.92. The lowest BCUT2D eigenvalue weighted by atomic mass is 9.71. The van der Waals surface area contributed by atoms with E-state index >= 15 is 0 Å². The van der Waals surface area contributed by atoms with E-state index in [2.05, 4.69) is 46.3 Å². The molecule has 2 bridgehead atoms. The summed E-state index contributed by atoms with van der Waals surface area (Å²) >= 11 is 0. The Morgan fingerprint density at radius 1 is 1.04 bits per heavy atom. The molecule has 23 heavy (non-hydrogen) atoms. The van der Waals surface area contributed by atoms with Gasteiger partial charge in [-0.15, -0.1) is 0 Å². The largest absolute Gasteiger partial charge is 0.384 e. The van der Waals surface area contributed by atoms with Gasteiger partial charge in [0.1, 0.15) is 5.60 Å². The minimum absolute atomic E-state index is 0.407. The quantitative estimate of drug-likeness (QED) is 0.946. The van der Waals surface area contributed by atoms with E-state index in [9.17, 15) is 5.11 Å². The van der Waals surface area contributed by atoms with Gasteiger partial charge in [0.15, 0.2) is 0 Å². The number of aliphatic hydroxyl groups is 1. The number of benzene rings is 1. The molecule has 3 nitrogen and oxygen atoms in total. The zero-order chi connectivity index (χ0) is 15.7. The highest BCUT2D eigenvalue weighted by Gasteiger charge is 2.46. The van der Waals surface area contributed by atoms with Crippen molar-refractivity contribution in [3.63, 3.8) is 0 Å². The smallest absolute Gasteiger partial charge is 0.105 e. The van der Waals surface area contributed by atoms with Crippen LogP contribution in [0.25, 0.3) is 12.2 Å². The van der Waals surface area contributed by atoms with Crippen LogP contribution in [0.3, 0.4) is 0 Å². The van der Waals surface area contributed by atoms with E-state index in [4.69, 9.17) is 0 Å². The highest BCUT2D eigenvalue weighted by atomic mass is 16.3. The molecule has 1 aromatic heterocycles. The monoisotopic (exact) mass is 306 g/mol. The van der Waals surface area contributed by atoms with Crippen molar-refractivity contribution in [3.05, 3.63) is 65.5 Å². The highest BCUT2D eigenvalue weighted by Crippen LogP contribution is 2.42. The van der Waals surface area contributed by atoms with Crippen LogP contribution in [0.4, 0.5) is 0 Å². The maximum atomic E-state index is 11.2. The number of fused-ring (bicyclic) bond motifs is 3. The predicted octanol–water partition coefficient (Wildman–Crippen LogP) is 3.17. The SMILES string of the molecule is OC1(c2ccc(/C=C/c3cccnc3)cc2)CN2CCC1CC2. The number of hydrogen-bond donors (Lipinski definition) is 1. The molecule has 3 heteroatoms. The Morgan fingerprint density at radius 2 is 1.78 bits per heavy atom. The van der Waals surface area contributed by atoms with Crippen LogP contribution in [0.1, 0.15) is 29.5 Å². The molecule has 3 saturated heterocycles. The molecule has 3 fully saturated rings. The first-order valence-electron chi connectivity index (χ1n) is 8.37. The summed E-state index contributed by atoms with van der Waals surface area (Å²) < 4.78 is 0. The van der Waals surface area contributed by atoms with Gasteiger partial charge in [-0.2, -0.15) is 0 Å². The van der Waals surface area contributed by atoms with Crippen molar-refractivity contribution in [2.45, 2.75) is 18.4 Å². The van der Waals surface area contributed by atoms with Gasteiger partial charge >= 0.3 is 0 Å². The van der Waals surface area contributed by atoms with Gasteiger partial charge in [-0.1, -0.05) is 42.5 Å². The third-order valence-corrected chi connectivity index (χ3v) is 5.29. The van der Waals surface area contributed by atoms with Crippen molar-refractivity contribution in [2.24, 2.45) is 5.92 Å². The Bertz CT molecular complexity index is 687. The van der Waals surface area contributed by atoms with Crippen LogP contribution in [-0.2, 0) is 5.60 Å². The summed E-state index contributed by atoms with van der Waals surface area (Å²) in [6.07, 6.45) is 9.99. The Hall–Kier alpha value is -1.97. The Labute approximate surface area is 137 Å². The second-order valence-corrected chi connectivity index (χ2v) is 6.72. The number of pyridine rings is 1. The molecule has 0 aliphatic carbocycles. The first-order chi connectivity index (χ1) is 11.2. The zero-order valence-electron chi connectivity index (χ0n) is 13.2. The molecule has 2 aromatic rings. The number of hydrogen-bond acceptors (Lipinski definition) is 3. The fourth-order valence-electron chi connectivity index (χ4n) is 3.92. The standard InChI is InChI=1S/C20H22N2O/c23-20(15-22-12-9-19(20)10-13-22)18-7-5-16(6-8-18)3-4-17-2-1-11-21-14-17/h1-8,11,14,19,23H,9-10,12-13,15H2/b4-3+. The van der Waals surface area contributed by atoms with Crippen molar-refractivity contribution >= 4 is 12.2 Å². The third-order valence-electron chi connectivity index (χ3n) is 5.29. The number of nitrogens with zero attached hydrogens (tertiary/aromatic N) is 2. The molecule has 1 N–H and O–H groups in total. The van der Waals surface area contributed by atoms with Crippen molar-refractivity contribution in [1.29, 1.82) is 0 Å². The van der Waals surface area contributed by atoms with Crippen LogP contribution in [0.15, 0.2) is 48.8 Å². The minimum atomic E-state index is -0.665. The molecule has 5 rings (SSSR count). The van der Waals surface area contributed by atoms with Crippen LogP contribution in [0, 0.1) is 5.92 Å². The van der Waals surface area contributed by atoms with Crippen LogP contribution in [0.5, 0.6) is 0 Å². The van der Waals surface area contributed by atoms with Gasteiger partial charge in [0, 0.05) is 18.9 Å².